The van der Waals surface area contributed by atoms with Gasteiger partial charge in [0.15, 0.2) is 0 Å². The molecular weight excluding hydrogens is 194 g/mol. The van der Waals surface area contributed by atoms with Gasteiger partial charge in [-0.3, -0.25) is 4.99 Å². The molecule has 0 saturated heterocycles. The van der Waals surface area contributed by atoms with Crippen LogP contribution in [0.1, 0.15) is 52.4 Å². The Balaban J connectivity index is 1.71. The van der Waals surface area contributed by atoms with E-state index >= 15 is 0 Å². The van der Waals surface area contributed by atoms with Gasteiger partial charge in [-0.25, -0.2) is 0 Å². The maximum absolute atomic E-state index is 4.80. The van der Waals surface area contributed by atoms with Crippen LogP contribution in [0.15, 0.2) is 16.3 Å². The van der Waals surface area contributed by atoms with E-state index in [2.05, 4.69) is 20.1 Å². The van der Waals surface area contributed by atoms with Crippen LogP contribution in [-0.4, -0.2) is 6.21 Å². The first kappa shape index (κ1) is 10.6. The molecule has 3 aliphatic rings. The van der Waals surface area contributed by atoms with Crippen molar-refractivity contribution in [3.05, 3.63) is 11.3 Å². The lowest BCUT2D eigenvalue weighted by Crippen LogP contribution is -2.32. The van der Waals surface area contributed by atoms with E-state index in [4.69, 9.17) is 4.99 Å². The molecule has 1 nitrogen and oxygen atoms in total. The molecule has 0 aromatic heterocycles. The summed E-state index contributed by atoms with van der Waals surface area (Å²) in [5.74, 6) is 3.86. The predicted octanol–water partition coefficient (Wildman–Crippen LogP) is 4.20. The van der Waals surface area contributed by atoms with Crippen LogP contribution in [0.3, 0.4) is 0 Å². The first-order chi connectivity index (χ1) is 7.83. The second-order valence-corrected chi connectivity index (χ2v) is 5.88. The third kappa shape index (κ3) is 1.56. The van der Waals surface area contributed by atoms with Gasteiger partial charge in [0, 0.05) is 17.8 Å². The van der Waals surface area contributed by atoms with Gasteiger partial charge >= 0.3 is 0 Å². The quantitative estimate of drug-likeness (QED) is 0.494. The van der Waals surface area contributed by atoms with Crippen LogP contribution in [-0.2, 0) is 0 Å². The Morgan fingerprint density at radius 3 is 2.81 bits per heavy atom. The highest BCUT2D eigenvalue weighted by Crippen LogP contribution is 2.63. The maximum Gasteiger partial charge on any atom is 0.0425 e. The van der Waals surface area contributed by atoms with Crippen molar-refractivity contribution < 1.29 is 0 Å². The number of hydrogen-bond donors (Lipinski definition) is 0. The second-order valence-electron chi connectivity index (χ2n) is 5.88. The highest BCUT2D eigenvalue weighted by atomic mass is 14.8. The topological polar surface area (TPSA) is 12.4 Å². The summed E-state index contributed by atoms with van der Waals surface area (Å²) in [5, 5.41) is 0. The minimum Gasteiger partial charge on any atom is -0.265 e. The monoisotopic (exact) mass is 217 g/mol. The van der Waals surface area contributed by atoms with Crippen LogP contribution in [0.2, 0.25) is 0 Å². The van der Waals surface area contributed by atoms with Crippen molar-refractivity contribution >= 4 is 6.21 Å². The molecule has 0 bridgehead atoms. The zero-order valence-corrected chi connectivity index (χ0v) is 10.6. The van der Waals surface area contributed by atoms with E-state index < -0.39 is 0 Å². The van der Waals surface area contributed by atoms with Crippen molar-refractivity contribution in [2.24, 2.45) is 28.7 Å². The normalized spacial score (nSPS) is 40.6. The van der Waals surface area contributed by atoms with E-state index in [9.17, 15) is 0 Å². The van der Waals surface area contributed by atoms with Crippen LogP contribution in [0.4, 0.5) is 0 Å². The summed E-state index contributed by atoms with van der Waals surface area (Å²) in [6.45, 7) is 4.59. The molecule has 0 aromatic carbocycles. The van der Waals surface area contributed by atoms with Crippen molar-refractivity contribution in [1.82, 2.24) is 0 Å². The molecule has 2 unspecified atom stereocenters. The van der Waals surface area contributed by atoms with E-state index in [1.807, 2.05) is 0 Å². The fourth-order valence-electron chi connectivity index (χ4n) is 3.72. The number of rotatable bonds is 4. The minimum absolute atomic E-state index is 0.861. The van der Waals surface area contributed by atoms with Gasteiger partial charge in [0.2, 0.25) is 0 Å². The van der Waals surface area contributed by atoms with Crippen molar-refractivity contribution in [1.29, 1.82) is 0 Å². The van der Waals surface area contributed by atoms with Crippen LogP contribution in [0.5, 0.6) is 0 Å². The predicted molar refractivity (Wildman–Crippen MR) is 68.5 cm³/mol. The standard InChI is InChI=1S/C15H23N/c1-3-4-5-8-16-15-10(2)11-6-7-12(11)13-9-14(13)15/h8,11-14H,3-7,9H2,1-2H3/b16-8-/t11-,12?,13-,14?/m1/s1. The molecule has 0 N–H and O–H groups in total. The van der Waals surface area contributed by atoms with Crippen molar-refractivity contribution in [3.63, 3.8) is 0 Å². The number of fused-ring (bicyclic) bond motifs is 3. The summed E-state index contributed by atoms with van der Waals surface area (Å²) in [7, 11) is 0. The largest absolute Gasteiger partial charge is 0.265 e. The highest BCUT2D eigenvalue weighted by Gasteiger charge is 2.55. The molecule has 2 saturated carbocycles. The zero-order chi connectivity index (χ0) is 11.1. The lowest BCUT2D eigenvalue weighted by atomic mass is 9.64. The lowest BCUT2D eigenvalue weighted by molar-refractivity contribution is 0.166. The first-order valence-electron chi connectivity index (χ1n) is 7.06. The van der Waals surface area contributed by atoms with E-state index in [-0.39, 0.29) is 0 Å². The van der Waals surface area contributed by atoms with Crippen LogP contribution in [0, 0.1) is 23.7 Å². The molecule has 4 atom stereocenters. The van der Waals surface area contributed by atoms with Gasteiger partial charge in [0.25, 0.3) is 0 Å². The second kappa shape index (κ2) is 4.01. The fraction of sp³-hybridized carbons (Fsp3) is 0.800. The number of nitrogens with zero attached hydrogens (tertiary/aromatic N) is 1. The molecule has 1 heteroatoms. The Labute approximate surface area is 99.0 Å². The molecular formula is C15H23N. The number of aliphatic imine (C=N–C) groups is 1. The van der Waals surface area contributed by atoms with Gasteiger partial charge in [-0.05, 0) is 62.4 Å². The van der Waals surface area contributed by atoms with Crippen molar-refractivity contribution in [3.8, 4) is 0 Å². The van der Waals surface area contributed by atoms with Gasteiger partial charge in [0.1, 0.15) is 0 Å². The van der Waals surface area contributed by atoms with E-state index in [0.29, 0.717) is 0 Å². The molecule has 16 heavy (non-hydrogen) atoms. The van der Waals surface area contributed by atoms with Crippen LogP contribution >= 0.6 is 0 Å². The Hall–Kier alpha value is -0.590. The summed E-state index contributed by atoms with van der Waals surface area (Å²) in [4.78, 5) is 4.80. The summed E-state index contributed by atoms with van der Waals surface area (Å²) in [5.41, 5.74) is 3.13. The zero-order valence-electron chi connectivity index (χ0n) is 10.6. The molecule has 0 radical (unpaired) electrons. The molecule has 0 heterocycles. The number of unbranched alkanes of at least 4 members (excludes halogenated alkanes) is 2. The third-order valence-electron chi connectivity index (χ3n) is 4.95. The molecule has 88 valence electrons. The smallest absolute Gasteiger partial charge is 0.0425 e. The molecule has 0 amide bonds. The van der Waals surface area contributed by atoms with Crippen LogP contribution < -0.4 is 0 Å². The van der Waals surface area contributed by atoms with Gasteiger partial charge in [-0.2, -0.15) is 0 Å². The molecule has 0 aromatic rings. The summed E-state index contributed by atoms with van der Waals surface area (Å²) in [6.07, 6.45) is 10.3. The van der Waals surface area contributed by atoms with Gasteiger partial charge in [-0.1, -0.05) is 13.3 Å². The Morgan fingerprint density at radius 2 is 2.12 bits per heavy atom. The van der Waals surface area contributed by atoms with E-state index in [1.165, 1.54) is 44.2 Å². The number of hydrogen-bond acceptors (Lipinski definition) is 1. The third-order valence-corrected chi connectivity index (χ3v) is 4.95. The van der Waals surface area contributed by atoms with Crippen molar-refractivity contribution in [2.75, 3.05) is 0 Å². The molecule has 3 aliphatic carbocycles. The van der Waals surface area contributed by atoms with Crippen molar-refractivity contribution in [2.45, 2.75) is 52.4 Å². The summed E-state index contributed by atoms with van der Waals surface area (Å²) >= 11 is 0. The minimum atomic E-state index is 0.861. The molecule has 2 fully saturated rings. The van der Waals surface area contributed by atoms with Crippen LogP contribution in [0.25, 0.3) is 0 Å². The van der Waals surface area contributed by atoms with Gasteiger partial charge in [-0.15, -0.1) is 0 Å². The molecule has 0 aliphatic heterocycles. The Bertz CT molecular complexity index is 339. The number of allylic oxidation sites excluding steroid dienone is 2. The Kier molecular flexibility index (Phi) is 2.65. The lowest BCUT2D eigenvalue weighted by Gasteiger charge is -2.41. The summed E-state index contributed by atoms with van der Waals surface area (Å²) in [6, 6.07) is 0. The van der Waals surface area contributed by atoms with Gasteiger partial charge < -0.3 is 0 Å². The van der Waals surface area contributed by atoms with E-state index in [1.54, 1.807) is 5.57 Å². The average molecular weight is 217 g/mol. The average Bonchev–Trinajstić information content (AvgIpc) is 2.95. The SMILES string of the molecule is CCCC/C=N\C1=C(C)[C@H]2CCC2[C@H]2CC12. The van der Waals surface area contributed by atoms with E-state index in [0.717, 1.165) is 23.7 Å². The highest BCUT2D eigenvalue weighted by molar-refractivity contribution is 5.59. The molecule has 3 rings (SSSR count). The summed E-state index contributed by atoms with van der Waals surface area (Å²) < 4.78 is 0. The van der Waals surface area contributed by atoms with Gasteiger partial charge in [0.05, 0.1) is 0 Å². The molecule has 0 spiro atoms. The fourth-order valence-corrected chi connectivity index (χ4v) is 3.72. The Morgan fingerprint density at radius 1 is 1.25 bits per heavy atom. The maximum atomic E-state index is 4.80. The first-order valence-corrected chi connectivity index (χ1v) is 7.06.